The molecule has 0 bridgehead atoms. The number of aromatic amines is 1. The molecular weight excluding hydrogens is 66.0 g/mol. The van der Waals surface area contributed by atoms with Gasteiger partial charge in [-0.15, -0.1) is 5.10 Å². The average molecular weight is 71.1 g/mol. The van der Waals surface area contributed by atoms with Gasteiger partial charge in [-0.25, -0.2) is 0 Å². The van der Waals surface area contributed by atoms with Gasteiger partial charge >= 0.3 is 0 Å². The lowest BCUT2D eigenvalue weighted by atomic mass is 11.0. The second-order valence-electron chi connectivity index (χ2n) is 0.549. The zero-order valence-electron chi connectivity index (χ0n) is 4.39. The largest absolute Gasteiger partial charge is 0.266 e. The number of hydrogen-bond donors (Lipinski definition) is 1. The highest BCUT2D eigenvalue weighted by atomic mass is 15.3. The Hall–Kier alpha value is -0.860. The van der Waals surface area contributed by atoms with E-state index in [1.54, 1.807) is 0 Å². The van der Waals surface area contributed by atoms with Crippen LogP contribution < -0.4 is 0 Å². The molecule has 1 heterocycles. The summed E-state index contributed by atoms with van der Waals surface area (Å²) in [5.74, 6) is 0. The van der Waals surface area contributed by atoms with Gasteiger partial charge in [0.25, 0.3) is 0 Å². The predicted octanol–water partition coefficient (Wildman–Crippen LogP) is -0.195. The fourth-order valence-corrected chi connectivity index (χ4v) is 0.125. The Kier molecular flexibility index (Phi) is 0.182. The lowest BCUT2D eigenvalue weighted by molar-refractivity contribution is 0.940. The van der Waals surface area contributed by atoms with Crippen molar-refractivity contribution in [3.63, 3.8) is 0 Å². The quantitative estimate of drug-likeness (QED) is 0.460. The first kappa shape index (κ1) is 1.08. The Morgan fingerprint density at radius 3 is 3.20 bits per heavy atom. The standard InChI is InChI=1S/C2H3N3/c1-2-4-5-3-1/h1-2H,(H,3,4,5)/i1D,2D. The zero-order valence-corrected chi connectivity index (χ0v) is 2.39. The number of nitrogens with one attached hydrogen (secondary N) is 1. The van der Waals surface area contributed by atoms with Gasteiger partial charge in [0.15, 0.2) is 0 Å². The van der Waals surface area contributed by atoms with Crippen LogP contribution in [-0.2, 0) is 0 Å². The Labute approximate surface area is 31.8 Å². The van der Waals surface area contributed by atoms with Crippen LogP contribution in [-0.4, -0.2) is 15.4 Å². The summed E-state index contributed by atoms with van der Waals surface area (Å²) >= 11 is 0. The first-order valence-corrected chi connectivity index (χ1v) is 1.15. The van der Waals surface area contributed by atoms with Crippen molar-refractivity contribution >= 4 is 0 Å². The van der Waals surface area contributed by atoms with Crippen LogP contribution in [0, 0.1) is 0 Å². The normalized spacial score (nSPS) is 13.6. The highest BCUT2D eigenvalue weighted by molar-refractivity contribution is 4.54. The minimum Gasteiger partial charge on any atom is -0.266 e. The summed E-state index contributed by atoms with van der Waals surface area (Å²) in [6.45, 7) is 0. The van der Waals surface area contributed by atoms with E-state index in [9.17, 15) is 0 Å². The van der Waals surface area contributed by atoms with Crippen molar-refractivity contribution in [1.29, 1.82) is 0 Å². The van der Waals surface area contributed by atoms with Gasteiger partial charge in [0, 0.05) is 6.17 Å². The third kappa shape index (κ3) is 0.238. The average Bonchev–Trinajstić information content (AvgIpc) is 1.91. The summed E-state index contributed by atoms with van der Waals surface area (Å²) in [6, 6.07) is 0. The van der Waals surface area contributed by atoms with Crippen LogP contribution in [0.4, 0.5) is 0 Å². The molecule has 0 atom stereocenters. The van der Waals surface area contributed by atoms with Gasteiger partial charge in [0.1, 0.15) is 0 Å². The minimum absolute atomic E-state index is 0.0417. The molecule has 1 aromatic rings. The second kappa shape index (κ2) is 0.839. The lowest BCUT2D eigenvalue weighted by Crippen LogP contribution is -1.61. The van der Waals surface area contributed by atoms with E-state index in [0.717, 1.165) is 0 Å². The van der Waals surface area contributed by atoms with Crippen molar-refractivity contribution in [2.45, 2.75) is 0 Å². The van der Waals surface area contributed by atoms with Gasteiger partial charge in [-0.3, -0.25) is 5.10 Å². The van der Waals surface area contributed by atoms with Crippen LogP contribution in [0.5, 0.6) is 0 Å². The van der Waals surface area contributed by atoms with Crippen molar-refractivity contribution in [1.82, 2.24) is 15.4 Å². The number of nitrogens with zero attached hydrogens (tertiary/aromatic N) is 2. The van der Waals surface area contributed by atoms with Crippen LogP contribution in [0.15, 0.2) is 12.3 Å². The molecular formula is C2H3N3. The summed E-state index contributed by atoms with van der Waals surface area (Å²) in [4.78, 5) is 0. The van der Waals surface area contributed by atoms with E-state index in [-0.39, 0.29) is 12.3 Å². The Balaban J connectivity index is 3.12. The molecule has 0 saturated carbocycles. The number of rotatable bonds is 0. The molecule has 1 N–H and O–H groups in total. The van der Waals surface area contributed by atoms with Crippen LogP contribution in [0.25, 0.3) is 0 Å². The SMILES string of the molecule is [2H]c1nn[nH]c1[2H]. The fraction of sp³-hybridized carbons (Fsp3) is 0. The van der Waals surface area contributed by atoms with Crippen LogP contribution in [0.3, 0.4) is 0 Å². The molecule has 0 fully saturated rings. The monoisotopic (exact) mass is 71.0 g/mol. The van der Waals surface area contributed by atoms with Gasteiger partial charge in [0.2, 0.25) is 0 Å². The molecule has 0 aliphatic heterocycles. The van der Waals surface area contributed by atoms with Gasteiger partial charge in [-0.05, 0) is 0 Å². The molecule has 0 aliphatic carbocycles. The van der Waals surface area contributed by atoms with E-state index in [2.05, 4.69) is 15.4 Å². The smallest absolute Gasteiger partial charge is 0.0877 e. The van der Waals surface area contributed by atoms with E-state index >= 15 is 0 Å². The molecule has 0 amide bonds. The third-order valence-corrected chi connectivity index (χ3v) is 0.262. The Morgan fingerprint density at radius 2 is 3.00 bits per heavy atom. The molecule has 0 radical (unpaired) electrons. The summed E-state index contributed by atoms with van der Waals surface area (Å²) in [6.07, 6.45) is -0.153. The zero-order chi connectivity index (χ0) is 5.28. The van der Waals surface area contributed by atoms with E-state index < -0.39 is 0 Å². The number of hydrogen-bond acceptors (Lipinski definition) is 2. The van der Waals surface area contributed by atoms with Crippen molar-refractivity contribution in [2.24, 2.45) is 0 Å². The maximum absolute atomic E-state index is 6.73. The maximum atomic E-state index is 6.73. The summed E-state index contributed by atoms with van der Waals surface area (Å²) < 4.78 is 13.4. The molecule has 0 aromatic carbocycles. The van der Waals surface area contributed by atoms with Crippen LogP contribution in [0.2, 0.25) is 0 Å². The van der Waals surface area contributed by atoms with Crippen LogP contribution >= 0.6 is 0 Å². The van der Waals surface area contributed by atoms with Crippen molar-refractivity contribution in [3.05, 3.63) is 12.3 Å². The molecule has 3 nitrogen and oxygen atoms in total. The van der Waals surface area contributed by atoms with Crippen molar-refractivity contribution in [3.8, 4) is 0 Å². The topological polar surface area (TPSA) is 41.6 Å². The van der Waals surface area contributed by atoms with Crippen LogP contribution in [0.1, 0.15) is 2.74 Å². The van der Waals surface area contributed by atoms with Crippen molar-refractivity contribution < 1.29 is 2.74 Å². The summed E-state index contributed by atoms with van der Waals surface area (Å²) in [5.41, 5.74) is 0. The molecule has 5 heavy (non-hydrogen) atoms. The van der Waals surface area contributed by atoms with Crippen molar-refractivity contribution in [2.75, 3.05) is 0 Å². The Morgan fingerprint density at radius 1 is 2.00 bits per heavy atom. The molecule has 0 aliphatic rings. The highest BCUT2D eigenvalue weighted by Gasteiger charge is 1.57. The number of H-pyrrole nitrogens is 1. The molecule has 0 saturated heterocycles. The highest BCUT2D eigenvalue weighted by Crippen LogP contribution is 1.55. The molecule has 0 spiro atoms. The van der Waals surface area contributed by atoms with E-state index in [1.165, 1.54) is 0 Å². The molecule has 1 aromatic heterocycles. The summed E-state index contributed by atoms with van der Waals surface area (Å²) in [5, 5.41) is 8.55. The van der Waals surface area contributed by atoms with E-state index in [4.69, 9.17) is 2.74 Å². The molecule has 26 valence electrons. The minimum atomic E-state index is -0.111. The second-order valence-corrected chi connectivity index (χ2v) is 0.549. The maximum Gasteiger partial charge on any atom is 0.0877 e. The molecule has 1 rings (SSSR count). The molecule has 3 heteroatoms. The first-order chi connectivity index (χ1) is 3.30. The summed E-state index contributed by atoms with van der Waals surface area (Å²) in [7, 11) is 0. The molecule has 0 unspecified atom stereocenters. The van der Waals surface area contributed by atoms with E-state index in [1.807, 2.05) is 0 Å². The van der Waals surface area contributed by atoms with Gasteiger partial charge < -0.3 is 0 Å². The van der Waals surface area contributed by atoms with Gasteiger partial charge in [0.05, 0.1) is 8.91 Å². The van der Waals surface area contributed by atoms with Gasteiger partial charge in [-0.1, -0.05) is 5.21 Å². The fourth-order valence-electron chi connectivity index (χ4n) is 0.125. The predicted molar refractivity (Wildman–Crippen MR) is 16.4 cm³/mol. The van der Waals surface area contributed by atoms with Gasteiger partial charge in [-0.2, -0.15) is 0 Å². The number of aromatic nitrogens is 3. The third-order valence-electron chi connectivity index (χ3n) is 0.262. The van der Waals surface area contributed by atoms with E-state index in [0.29, 0.717) is 0 Å². The Bertz CT molecular complexity index is 143. The lowest BCUT2D eigenvalue weighted by Gasteiger charge is -1.46. The first-order valence-electron chi connectivity index (χ1n) is 2.15.